The van der Waals surface area contributed by atoms with Gasteiger partial charge in [0.2, 0.25) is 0 Å². The summed E-state index contributed by atoms with van der Waals surface area (Å²) < 4.78 is 0.803. The summed E-state index contributed by atoms with van der Waals surface area (Å²) in [7, 11) is 0. The molecule has 5 nitrogen and oxygen atoms in total. The smallest absolute Gasteiger partial charge is 0.325 e. The fraction of sp³-hybridized carbons (Fsp3) is 0.286. The number of nitrogens with zero attached hydrogens (tertiary/aromatic N) is 2. The molecule has 0 aliphatic carbocycles. The molecule has 0 saturated carbocycles. The molecule has 1 rings (SSSR count). The lowest BCUT2D eigenvalue weighted by Crippen LogP contribution is -2.26. The van der Waals surface area contributed by atoms with E-state index in [2.05, 4.69) is 5.10 Å². The molecule has 1 aromatic rings. The zero-order valence-corrected chi connectivity index (χ0v) is 7.58. The number of aromatic nitrogens is 2. The van der Waals surface area contributed by atoms with Crippen LogP contribution in [0.5, 0.6) is 0 Å². The molecule has 0 aromatic carbocycles. The van der Waals surface area contributed by atoms with Crippen LogP contribution in [0.4, 0.5) is 0 Å². The predicted octanol–water partition coefficient (Wildman–Crippen LogP) is 0.290. The van der Waals surface area contributed by atoms with Crippen LogP contribution in [0.25, 0.3) is 0 Å². The summed E-state index contributed by atoms with van der Waals surface area (Å²) in [4.78, 5) is 21.4. The highest BCUT2D eigenvalue weighted by atomic mass is 35.5. The lowest BCUT2D eigenvalue weighted by molar-refractivity contribution is -0.138. The summed E-state index contributed by atoms with van der Waals surface area (Å²) in [6.45, 7) is 1.15. The van der Waals surface area contributed by atoms with Crippen LogP contribution in [0, 0.1) is 6.92 Å². The summed E-state index contributed by atoms with van der Waals surface area (Å²) in [5.74, 6) is -1.13. The standard InChI is InChI=1S/C7H7ClN2O3/c1-4-2-5(11)10(3-6(12)13)9-7(4)8/h2H,3H2,1H3,(H,12,13). The monoisotopic (exact) mass is 202 g/mol. The Morgan fingerprint density at radius 2 is 2.38 bits per heavy atom. The van der Waals surface area contributed by atoms with Gasteiger partial charge in [-0.15, -0.1) is 0 Å². The molecule has 0 unspecified atom stereocenters. The van der Waals surface area contributed by atoms with Gasteiger partial charge in [-0.2, -0.15) is 5.10 Å². The number of hydrogen-bond donors (Lipinski definition) is 1. The SMILES string of the molecule is Cc1cc(=O)n(CC(=O)O)nc1Cl. The maximum Gasteiger partial charge on any atom is 0.325 e. The lowest BCUT2D eigenvalue weighted by atomic mass is 10.3. The van der Waals surface area contributed by atoms with Crippen molar-refractivity contribution in [2.45, 2.75) is 13.5 Å². The molecule has 0 fully saturated rings. The van der Waals surface area contributed by atoms with Gasteiger partial charge in [-0.3, -0.25) is 9.59 Å². The van der Waals surface area contributed by atoms with E-state index in [1.165, 1.54) is 6.07 Å². The van der Waals surface area contributed by atoms with E-state index in [1.54, 1.807) is 6.92 Å². The topological polar surface area (TPSA) is 72.2 Å². The Kier molecular flexibility index (Phi) is 2.67. The minimum absolute atomic E-state index is 0.140. The minimum Gasteiger partial charge on any atom is -0.480 e. The number of aliphatic carboxylic acids is 1. The van der Waals surface area contributed by atoms with Crippen molar-refractivity contribution in [2.75, 3.05) is 0 Å². The van der Waals surface area contributed by atoms with E-state index in [1.807, 2.05) is 0 Å². The van der Waals surface area contributed by atoms with Crippen LogP contribution < -0.4 is 5.56 Å². The average molecular weight is 203 g/mol. The fourth-order valence-electron chi connectivity index (χ4n) is 0.795. The number of carboxylic acids is 1. The maximum atomic E-state index is 11.1. The van der Waals surface area contributed by atoms with Crippen molar-refractivity contribution in [3.8, 4) is 0 Å². The third-order valence-electron chi connectivity index (χ3n) is 1.41. The summed E-state index contributed by atoms with van der Waals surface area (Å²) in [5, 5.41) is 12.1. The Labute approximate surface area is 78.6 Å². The van der Waals surface area contributed by atoms with E-state index in [9.17, 15) is 9.59 Å². The van der Waals surface area contributed by atoms with Gasteiger partial charge in [-0.25, -0.2) is 4.68 Å². The Balaban J connectivity index is 3.16. The van der Waals surface area contributed by atoms with Gasteiger partial charge in [0.25, 0.3) is 5.56 Å². The highest BCUT2D eigenvalue weighted by Gasteiger charge is 2.05. The van der Waals surface area contributed by atoms with Gasteiger partial charge < -0.3 is 5.11 Å². The van der Waals surface area contributed by atoms with Gasteiger partial charge in [-0.1, -0.05) is 11.6 Å². The van der Waals surface area contributed by atoms with Crippen molar-refractivity contribution >= 4 is 17.6 Å². The third-order valence-corrected chi connectivity index (χ3v) is 1.79. The quantitative estimate of drug-likeness (QED) is 0.748. The molecule has 13 heavy (non-hydrogen) atoms. The van der Waals surface area contributed by atoms with E-state index < -0.39 is 18.1 Å². The van der Waals surface area contributed by atoms with Gasteiger partial charge in [0.15, 0.2) is 5.15 Å². The van der Waals surface area contributed by atoms with Crippen molar-refractivity contribution in [1.82, 2.24) is 9.78 Å². The summed E-state index contributed by atoms with van der Waals surface area (Å²) >= 11 is 5.61. The predicted molar refractivity (Wildman–Crippen MR) is 45.9 cm³/mol. The number of rotatable bonds is 2. The zero-order valence-electron chi connectivity index (χ0n) is 6.82. The Morgan fingerprint density at radius 1 is 1.77 bits per heavy atom. The van der Waals surface area contributed by atoms with Crippen LogP contribution in [0.3, 0.4) is 0 Å². The lowest BCUT2D eigenvalue weighted by Gasteiger charge is -2.01. The molecule has 0 bridgehead atoms. The number of hydrogen-bond acceptors (Lipinski definition) is 3. The first-order valence-corrected chi connectivity index (χ1v) is 3.84. The Morgan fingerprint density at radius 3 is 2.92 bits per heavy atom. The molecule has 0 aliphatic heterocycles. The molecule has 0 amide bonds. The first-order valence-electron chi connectivity index (χ1n) is 3.47. The van der Waals surface area contributed by atoms with Crippen molar-refractivity contribution in [3.05, 3.63) is 27.1 Å². The number of aryl methyl sites for hydroxylation is 1. The molecule has 1 aromatic heterocycles. The minimum atomic E-state index is -1.13. The maximum absolute atomic E-state index is 11.1. The number of carbonyl (C=O) groups is 1. The van der Waals surface area contributed by atoms with E-state index in [0.717, 1.165) is 4.68 Å². The van der Waals surface area contributed by atoms with Crippen LogP contribution in [-0.2, 0) is 11.3 Å². The first kappa shape index (κ1) is 9.73. The van der Waals surface area contributed by atoms with Crippen LogP contribution in [0.15, 0.2) is 10.9 Å². The van der Waals surface area contributed by atoms with Crippen LogP contribution >= 0.6 is 11.6 Å². The molecule has 1 N–H and O–H groups in total. The molecule has 6 heteroatoms. The normalized spacial score (nSPS) is 10.0. The van der Waals surface area contributed by atoms with Crippen LogP contribution in [0.1, 0.15) is 5.56 Å². The second-order valence-electron chi connectivity index (χ2n) is 2.51. The second kappa shape index (κ2) is 3.57. The largest absolute Gasteiger partial charge is 0.480 e. The second-order valence-corrected chi connectivity index (χ2v) is 2.87. The number of halogens is 1. The van der Waals surface area contributed by atoms with Crippen LogP contribution in [0.2, 0.25) is 5.15 Å². The molecular weight excluding hydrogens is 196 g/mol. The third kappa shape index (κ3) is 2.29. The first-order chi connectivity index (χ1) is 6.00. The fourth-order valence-corrected chi connectivity index (χ4v) is 0.941. The van der Waals surface area contributed by atoms with E-state index in [-0.39, 0.29) is 5.15 Å². The molecule has 0 aliphatic rings. The number of carboxylic acid groups (broad SMARTS) is 1. The van der Waals surface area contributed by atoms with Gasteiger partial charge in [0, 0.05) is 6.07 Å². The Hall–Kier alpha value is -1.36. The average Bonchev–Trinajstić information content (AvgIpc) is 1.99. The van der Waals surface area contributed by atoms with Gasteiger partial charge >= 0.3 is 5.97 Å². The van der Waals surface area contributed by atoms with E-state index in [4.69, 9.17) is 16.7 Å². The van der Waals surface area contributed by atoms with E-state index >= 15 is 0 Å². The summed E-state index contributed by atoms with van der Waals surface area (Å²) in [5.41, 5.74) is 0.0672. The van der Waals surface area contributed by atoms with Crippen molar-refractivity contribution in [1.29, 1.82) is 0 Å². The van der Waals surface area contributed by atoms with Gasteiger partial charge in [0.05, 0.1) is 0 Å². The van der Waals surface area contributed by atoms with Gasteiger partial charge in [-0.05, 0) is 12.5 Å². The molecule has 0 atom stereocenters. The van der Waals surface area contributed by atoms with Gasteiger partial charge in [0.1, 0.15) is 6.54 Å². The molecule has 0 spiro atoms. The summed E-state index contributed by atoms with van der Waals surface area (Å²) in [6.07, 6.45) is 0. The summed E-state index contributed by atoms with van der Waals surface area (Å²) in [6, 6.07) is 1.25. The van der Waals surface area contributed by atoms with Crippen molar-refractivity contribution in [3.63, 3.8) is 0 Å². The van der Waals surface area contributed by atoms with E-state index in [0.29, 0.717) is 5.56 Å². The van der Waals surface area contributed by atoms with Crippen molar-refractivity contribution < 1.29 is 9.90 Å². The van der Waals surface area contributed by atoms with Crippen molar-refractivity contribution in [2.24, 2.45) is 0 Å². The zero-order chi connectivity index (χ0) is 10.0. The molecule has 0 radical (unpaired) electrons. The molecular formula is C7H7ClN2O3. The molecule has 0 saturated heterocycles. The highest BCUT2D eigenvalue weighted by molar-refractivity contribution is 6.30. The molecule has 1 heterocycles. The molecule has 70 valence electrons. The highest BCUT2D eigenvalue weighted by Crippen LogP contribution is 2.06. The van der Waals surface area contributed by atoms with Crippen LogP contribution in [-0.4, -0.2) is 20.9 Å². The Bertz CT molecular complexity index is 399.